The second-order valence-corrected chi connectivity index (χ2v) is 17.5. The molecule has 0 aliphatic heterocycles. The van der Waals surface area contributed by atoms with E-state index < -0.39 is 0 Å². The van der Waals surface area contributed by atoms with Crippen LogP contribution in [0.4, 0.5) is 0 Å². The van der Waals surface area contributed by atoms with Crippen LogP contribution in [0.1, 0.15) is 0 Å². The maximum absolute atomic E-state index is 6.88. The zero-order chi connectivity index (χ0) is 45.4. The molecule has 0 aliphatic rings. The van der Waals surface area contributed by atoms with E-state index in [0.29, 0.717) is 17.5 Å². The van der Waals surface area contributed by atoms with Crippen LogP contribution in [0.25, 0.3) is 139 Å². The summed E-state index contributed by atoms with van der Waals surface area (Å²) < 4.78 is 15.9. The monoisotopic (exact) mass is 882 g/mol. The van der Waals surface area contributed by atoms with Gasteiger partial charge in [-0.2, -0.15) is 0 Å². The standard InChI is InChI=1S/C63H38N4O2/c1-4-14-39(15-5-1)41-26-28-43(29-27-41)62-64-61(42-18-8-3-9-19-42)65-63(66-62)46-30-33-49-52-37-45(32-35-56(52)68-58(49)38-46)47-21-12-22-50-59-55(24-13-25-57(59)69-60(47)50)67-53-23-11-10-20-48(53)51-36-44(31-34-54(51)67)40-16-6-2-7-17-40/h1-38H. The van der Waals surface area contributed by atoms with Crippen LogP contribution in [0.3, 0.4) is 0 Å². The van der Waals surface area contributed by atoms with Crippen molar-refractivity contribution in [2.24, 2.45) is 0 Å². The van der Waals surface area contributed by atoms with Crippen molar-refractivity contribution >= 4 is 65.7 Å². The van der Waals surface area contributed by atoms with E-state index in [4.69, 9.17) is 23.8 Å². The number of benzene rings is 10. The Morgan fingerprint density at radius 1 is 0.290 bits per heavy atom. The minimum Gasteiger partial charge on any atom is -0.456 e. The van der Waals surface area contributed by atoms with E-state index in [-0.39, 0.29) is 0 Å². The molecule has 6 nitrogen and oxygen atoms in total. The fourth-order valence-corrected chi connectivity index (χ4v) is 10.2. The van der Waals surface area contributed by atoms with Gasteiger partial charge in [-0.05, 0) is 82.4 Å². The van der Waals surface area contributed by atoms with E-state index in [1.807, 2.05) is 42.5 Å². The molecule has 0 spiro atoms. The van der Waals surface area contributed by atoms with Gasteiger partial charge in [0.05, 0.1) is 22.1 Å². The number of fused-ring (bicyclic) bond motifs is 9. The minimum atomic E-state index is 0.572. The maximum atomic E-state index is 6.88. The second kappa shape index (κ2) is 15.6. The largest absolute Gasteiger partial charge is 0.456 e. The van der Waals surface area contributed by atoms with Crippen molar-refractivity contribution in [2.45, 2.75) is 0 Å². The van der Waals surface area contributed by atoms with Crippen LogP contribution >= 0.6 is 0 Å². The van der Waals surface area contributed by atoms with Crippen LogP contribution in [0, 0.1) is 0 Å². The Morgan fingerprint density at radius 2 is 0.841 bits per heavy atom. The Morgan fingerprint density at radius 3 is 1.61 bits per heavy atom. The summed E-state index contributed by atoms with van der Waals surface area (Å²) in [4.78, 5) is 15.0. The third-order valence-corrected chi connectivity index (χ3v) is 13.5. The summed E-state index contributed by atoms with van der Waals surface area (Å²) in [5.41, 5.74) is 16.0. The number of hydrogen-bond acceptors (Lipinski definition) is 5. The zero-order valence-corrected chi connectivity index (χ0v) is 37.0. The summed E-state index contributed by atoms with van der Waals surface area (Å²) in [7, 11) is 0. The molecule has 0 saturated carbocycles. The lowest BCUT2D eigenvalue weighted by molar-refractivity contribution is 0.668. The summed E-state index contributed by atoms with van der Waals surface area (Å²) >= 11 is 0. The molecule has 0 N–H and O–H groups in total. The highest BCUT2D eigenvalue weighted by molar-refractivity contribution is 6.17. The van der Waals surface area contributed by atoms with Crippen LogP contribution in [0.15, 0.2) is 239 Å². The van der Waals surface area contributed by atoms with Crippen molar-refractivity contribution in [3.8, 4) is 73.2 Å². The SMILES string of the molecule is c1ccc(-c2ccc(-c3nc(-c4ccccc4)nc(-c4ccc5c(c4)oc4ccc(-c6cccc7c6oc6cccc(-n8c9ccccc9c9cc(-c%10ccccc%10)ccc98)c67)cc45)n3)cc2)cc1. The van der Waals surface area contributed by atoms with E-state index in [2.05, 4.69) is 193 Å². The van der Waals surface area contributed by atoms with E-state index >= 15 is 0 Å². The van der Waals surface area contributed by atoms with Gasteiger partial charge in [0.25, 0.3) is 0 Å². The summed E-state index contributed by atoms with van der Waals surface area (Å²) in [5.74, 6) is 1.78. The quantitative estimate of drug-likeness (QED) is 0.159. The Hall–Kier alpha value is -9.39. The molecule has 14 aromatic rings. The lowest BCUT2D eigenvalue weighted by atomic mass is 9.99. The Bertz CT molecular complexity index is 4290. The van der Waals surface area contributed by atoms with Gasteiger partial charge in [-0.1, -0.05) is 176 Å². The van der Waals surface area contributed by atoms with Gasteiger partial charge < -0.3 is 13.4 Å². The molecule has 0 bridgehead atoms. The molecule has 6 heteroatoms. The molecule has 4 aromatic heterocycles. The smallest absolute Gasteiger partial charge is 0.164 e. The predicted octanol–water partition coefficient (Wildman–Crippen LogP) is 16.8. The third-order valence-electron chi connectivity index (χ3n) is 13.5. The zero-order valence-electron chi connectivity index (χ0n) is 37.0. The lowest BCUT2D eigenvalue weighted by Crippen LogP contribution is -2.00. The first-order valence-corrected chi connectivity index (χ1v) is 23.2. The van der Waals surface area contributed by atoms with Gasteiger partial charge in [-0.3, -0.25) is 0 Å². The van der Waals surface area contributed by atoms with Crippen LogP contribution in [0.2, 0.25) is 0 Å². The number of hydrogen-bond donors (Lipinski definition) is 0. The van der Waals surface area contributed by atoms with Gasteiger partial charge in [0.2, 0.25) is 0 Å². The molecule has 4 heterocycles. The third kappa shape index (κ3) is 6.45. The average Bonchev–Trinajstić information content (AvgIpc) is 4.10. The first-order chi connectivity index (χ1) is 34.2. The van der Waals surface area contributed by atoms with Crippen LogP contribution in [0.5, 0.6) is 0 Å². The molecule has 0 radical (unpaired) electrons. The Balaban J connectivity index is 0.860. The predicted molar refractivity (Wildman–Crippen MR) is 281 cm³/mol. The van der Waals surface area contributed by atoms with Crippen LogP contribution in [-0.4, -0.2) is 19.5 Å². The fourth-order valence-electron chi connectivity index (χ4n) is 10.2. The van der Waals surface area contributed by atoms with Gasteiger partial charge in [0.15, 0.2) is 17.5 Å². The lowest BCUT2D eigenvalue weighted by Gasteiger charge is -2.10. The maximum Gasteiger partial charge on any atom is 0.164 e. The summed E-state index contributed by atoms with van der Waals surface area (Å²) in [6.07, 6.45) is 0. The molecule has 14 rings (SSSR count). The van der Waals surface area contributed by atoms with Crippen molar-refractivity contribution in [3.05, 3.63) is 231 Å². The van der Waals surface area contributed by atoms with E-state index in [1.54, 1.807) is 0 Å². The van der Waals surface area contributed by atoms with Crippen LogP contribution in [-0.2, 0) is 0 Å². The number of para-hydroxylation sites is 2. The highest BCUT2D eigenvalue weighted by Crippen LogP contribution is 2.43. The highest BCUT2D eigenvalue weighted by atomic mass is 16.3. The molecule has 0 atom stereocenters. The first-order valence-electron chi connectivity index (χ1n) is 23.2. The summed E-state index contributed by atoms with van der Waals surface area (Å²) in [5, 5.41) is 6.58. The van der Waals surface area contributed by atoms with Gasteiger partial charge >= 0.3 is 0 Å². The van der Waals surface area contributed by atoms with Crippen molar-refractivity contribution in [3.63, 3.8) is 0 Å². The van der Waals surface area contributed by atoms with Gasteiger partial charge in [0.1, 0.15) is 22.3 Å². The van der Waals surface area contributed by atoms with Crippen LogP contribution < -0.4 is 0 Å². The van der Waals surface area contributed by atoms with Crippen molar-refractivity contribution in [2.75, 3.05) is 0 Å². The highest BCUT2D eigenvalue weighted by Gasteiger charge is 2.21. The second-order valence-electron chi connectivity index (χ2n) is 17.5. The summed E-state index contributed by atoms with van der Waals surface area (Å²) in [6.45, 7) is 0. The normalized spacial score (nSPS) is 11.8. The molecule has 0 amide bonds. The minimum absolute atomic E-state index is 0.572. The van der Waals surface area contributed by atoms with Gasteiger partial charge in [-0.25, -0.2) is 15.0 Å². The molecular weight excluding hydrogens is 845 g/mol. The summed E-state index contributed by atoms with van der Waals surface area (Å²) in [6, 6.07) is 80.4. The molecule has 10 aromatic carbocycles. The molecule has 322 valence electrons. The van der Waals surface area contributed by atoms with Crippen molar-refractivity contribution < 1.29 is 8.83 Å². The van der Waals surface area contributed by atoms with E-state index in [1.165, 1.54) is 21.9 Å². The number of aromatic nitrogens is 4. The van der Waals surface area contributed by atoms with Gasteiger partial charge in [-0.15, -0.1) is 0 Å². The molecule has 69 heavy (non-hydrogen) atoms. The van der Waals surface area contributed by atoms with E-state index in [9.17, 15) is 0 Å². The first kappa shape index (κ1) is 38.8. The number of rotatable bonds is 7. The number of nitrogens with zero attached hydrogens (tertiary/aromatic N) is 4. The average molecular weight is 883 g/mol. The van der Waals surface area contributed by atoms with Gasteiger partial charge in [0, 0.05) is 49.2 Å². The Labute approximate surface area is 396 Å². The molecule has 0 saturated heterocycles. The Kier molecular flexibility index (Phi) is 8.79. The molecular formula is C63H38N4O2. The number of furan rings is 2. The topological polar surface area (TPSA) is 69.9 Å². The fraction of sp³-hybridized carbons (Fsp3) is 0. The van der Waals surface area contributed by atoms with Crippen molar-refractivity contribution in [1.82, 2.24) is 19.5 Å². The molecule has 0 unspecified atom stereocenters. The molecule has 0 aliphatic carbocycles. The molecule has 0 fully saturated rings. The van der Waals surface area contributed by atoms with Crippen molar-refractivity contribution in [1.29, 1.82) is 0 Å². The van der Waals surface area contributed by atoms with E-state index in [0.717, 1.165) is 99.5 Å².